The summed E-state index contributed by atoms with van der Waals surface area (Å²) in [5.74, 6) is -2.48. The first kappa shape index (κ1) is 18.8. The summed E-state index contributed by atoms with van der Waals surface area (Å²) in [7, 11) is 1.49. The molecule has 1 aromatic carbocycles. The molecule has 2 amide bonds. The summed E-state index contributed by atoms with van der Waals surface area (Å²) in [6.45, 7) is 1.95. The molecule has 4 atom stereocenters. The van der Waals surface area contributed by atoms with Gasteiger partial charge in [0.1, 0.15) is 5.54 Å². The van der Waals surface area contributed by atoms with Crippen molar-refractivity contribution in [1.82, 2.24) is 10.2 Å². The van der Waals surface area contributed by atoms with E-state index in [0.717, 1.165) is 15.3 Å². The largest absolute Gasteiger partial charge is 0.465 e. The first-order valence-corrected chi connectivity index (χ1v) is 10.2. The van der Waals surface area contributed by atoms with Crippen molar-refractivity contribution >= 4 is 29.1 Å². The summed E-state index contributed by atoms with van der Waals surface area (Å²) in [6, 6.07) is 13.0. The minimum Gasteiger partial charge on any atom is -0.465 e. The van der Waals surface area contributed by atoms with Crippen LogP contribution in [-0.4, -0.2) is 41.9 Å². The number of nitrogens with one attached hydrogen (secondary N) is 1. The number of hydrogen-bond acceptors (Lipinski definition) is 6. The Kier molecular flexibility index (Phi) is 4.81. The molecule has 4 rings (SSSR count). The van der Waals surface area contributed by atoms with Crippen molar-refractivity contribution in [3.05, 3.63) is 58.3 Å². The number of imide groups is 1. The Morgan fingerprint density at radius 2 is 1.93 bits per heavy atom. The number of carbonyl (C=O) groups excluding carboxylic acids is 3. The second-order valence-corrected chi connectivity index (χ2v) is 8.21. The van der Waals surface area contributed by atoms with Crippen LogP contribution in [0.2, 0.25) is 0 Å². The summed E-state index contributed by atoms with van der Waals surface area (Å²) in [6.07, 6.45) is 0.280. The molecule has 1 N–H and O–H groups in total. The fourth-order valence-electron chi connectivity index (χ4n) is 4.46. The molecule has 6 nitrogen and oxygen atoms in total. The minimum absolute atomic E-state index is 0.204. The van der Waals surface area contributed by atoms with Crippen LogP contribution in [0.1, 0.15) is 23.4 Å². The lowest BCUT2D eigenvalue weighted by molar-refractivity contribution is -0.156. The number of ether oxygens (including phenoxy) is 1. The lowest BCUT2D eigenvalue weighted by atomic mass is 9.76. The smallest absolute Gasteiger partial charge is 0.327 e. The van der Waals surface area contributed by atoms with Gasteiger partial charge in [0.2, 0.25) is 11.8 Å². The first-order chi connectivity index (χ1) is 13.5. The molecule has 28 heavy (non-hydrogen) atoms. The molecule has 2 fully saturated rings. The zero-order chi connectivity index (χ0) is 19.9. The zero-order valence-electron chi connectivity index (χ0n) is 15.8. The highest BCUT2D eigenvalue weighted by Crippen LogP contribution is 2.50. The van der Waals surface area contributed by atoms with Crippen LogP contribution in [0.4, 0.5) is 0 Å². The molecule has 2 aliphatic heterocycles. The molecule has 0 saturated carbocycles. The van der Waals surface area contributed by atoms with Crippen molar-refractivity contribution in [3.8, 4) is 0 Å². The van der Waals surface area contributed by atoms with Crippen molar-refractivity contribution in [1.29, 1.82) is 0 Å². The van der Waals surface area contributed by atoms with Crippen LogP contribution in [0, 0.1) is 11.8 Å². The molecule has 0 bridgehead atoms. The Morgan fingerprint density at radius 1 is 1.18 bits per heavy atom. The van der Waals surface area contributed by atoms with Crippen molar-refractivity contribution in [2.75, 3.05) is 13.7 Å². The average molecular weight is 398 g/mol. The zero-order valence-corrected chi connectivity index (χ0v) is 16.6. The molecular weight excluding hydrogens is 376 g/mol. The number of nitrogens with zero attached hydrogens (tertiary/aromatic N) is 1. The normalized spacial score (nSPS) is 29.2. The number of amides is 2. The monoisotopic (exact) mass is 398 g/mol. The highest BCUT2D eigenvalue weighted by atomic mass is 32.1. The molecule has 146 valence electrons. The van der Waals surface area contributed by atoms with Gasteiger partial charge in [0.25, 0.3) is 0 Å². The van der Waals surface area contributed by atoms with E-state index in [9.17, 15) is 14.4 Å². The van der Waals surface area contributed by atoms with Crippen LogP contribution in [-0.2, 0) is 25.5 Å². The average Bonchev–Trinajstić information content (AvgIpc) is 3.38. The van der Waals surface area contributed by atoms with E-state index in [1.54, 1.807) is 6.92 Å². The Labute approximate surface area is 167 Å². The number of hydrogen-bond donors (Lipinski definition) is 1. The third kappa shape index (κ3) is 2.77. The van der Waals surface area contributed by atoms with E-state index in [1.807, 2.05) is 47.8 Å². The maximum absolute atomic E-state index is 13.2. The maximum atomic E-state index is 13.2. The number of fused-ring (bicyclic) bond motifs is 1. The van der Waals surface area contributed by atoms with Crippen molar-refractivity contribution in [3.63, 3.8) is 0 Å². The molecule has 2 saturated heterocycles. The molecule has 2 aliphatic rings. The number of esters is 1. The summed E-state index contributed by atoms with van der Waals surface area (Å²) < 4.78 is 5.41. The van der Waals surface area contributed by atoms with Crippen molar-refractivity contribution < 1.29 is 19.1 Å². The fourth-order valence-corrected chi connectivity index (χ4v) is 5.28. The summed E-state index contributed by atoms with van der Waals surface area (Å²) >= 11 is 1.51. The predicted molar refractivity (Wildman–Crippen MR) is 104 cm³/mol. The van der Waals surface area contributed by atoms with Gasteiger partial charge in [-0.3, -0.25) is 24.6 Å². The van der Waals surface area contributed by atoms with Gasteiger partial charge in [-0.05, 0) is 23.9 Å². The third-order valence-corrected chi connectivity index (χ3v) is 6.65. The number of benzene rings is 1. The second kappa shape index (κ2) is 7.14. The summed E-state index contributed by atoms with van der Waals surface area (Å²) in [5.41, 5.74) is -0.378. The van der Waals surface area contributed by atoms with Crippen LogP contribution < -0.4 is 5.32 Å². The minimum atomic E-state index is -1.28. The molecule has 7 heteroatoms. The lowest BCUT2D eigenvalue weighted by Crippen LogP contribution is -2.57. The van der Waals surface area contributed by atoms with E-state index < -0.39 is 29.4 Å². The number of carbonyl (C=O) groups is 3. The Hall–Kier alpha value is -2.51. The lowest BCUT2D eigenvalue weighted by Gasteiger charge is -2.32. The molecule has 0 radical (unpaired) electrons. The Balaban J connectivity index is 1.85. The highest BCUT2D eigenvalue weighted by molar-refractivity contribution is 7.10. The predicted octanol–water partition coefficient (Wildman–Crippen LogP) is 2.17. The van der Waals surface area contributed by atoms with Gasteiger partial charge >= 0.3 is 5.97 Å². The van der Waals surface area contributed by atoms with Crippen molar-refractivity contribution in [2.24, 2.45) is 11.8 Å². The SMILES string of the molecule is CCOC(=O)[C@]1(Cc2ccccc2)N[C@@H](c2cccs2)[C@H]2C(=O)N(C)C(=O)[C@@H]21. The van der Waals surface area contributed by atoms with Gasteiger partial charge in [-0.1, -0.05) is 36.4 Å². The van der Waals surface area contributed by atoms with Gasteiger partial charge in [-0.15, -0.1) is 11.3 Å². The first-order valence-electron chi connectivity index (χ1n) is 9.33. The van der Waals surface area contributed by atoms with Gasteiger partial charge < -0.3 is 4.74 Å². The van der Waals surface area contributed by atoms with E-state index >= 15 is 0 Å². The van der Waals surface area contributed by atoms with Gasteiger partial charge in [0, 0.05) is 18.3 Å². The Morgan fingerprint density at radius 3 is 2.57 bits per heavy atom. The maximum Gasteiger partial charge on any atom is 0.327 e. The quantitative estimate of drug-likeness (QED) is 0.617. The fraction of sp³-hybridized carbons (Fsp3) is 0.381. The molecule has 3 heterocycles. The van der Waals surface area contributed by atoms with Gasteiger partial charge in [0.15, 0.2) is 0 Å². The molecular formula is C21H22N2O4S. The van der Waals surface area contributed by atoms with Gasteiger partial charge in [-0.25, -0.2) is 0 Å². The van der Waals surface area contributed by atoms with Gasteiger partial charge in [-0.2, -0.15) is 0 Å². The molecule has 0 spiro atoms. The molecule has 1 aromatic heterocycles. The molecule has 0 aliphatic carbocycles. The van der Waals surface area contributed by atoms with E-state index in [2.05, 4.69) is 5.32 Å². The number of rotatable bonds is 5. The van der Waals surface area contributed by atoms with Gasteiger partial charge in [0.05, 0.1) is 24.5 Å². The van der Waals surface area contributed by atoms with E-state index in [1.165, 1.54) is 18.4 Å². The standard InChI is InChI=1S/C21H22N2O4S/c1-3-27-20(26)21(12-13-8-5-4-6-9-13)16-15(18(24)23(2)19(16)25)17(22-21)14-10-7-11-28-14/h4-11,15-17,22H,3,12H2,1-2H3/t15-,16+,17-,21+/m0/s1. The summed E-state index contributed by atoms with van der Waals surface area (Å²) in [4.78, 5) is 41.4. The van der Waals surface area contributed by atoms with Crippen molar-refractivity contribution in [2.45, 2.75) is 24.9 Å². The second-order valence-electron chi connectivity index (χ2n) is 7.23. The van der Waals surface area contributed by atoms with E-state index in [4.69, 9.17) is 4.74 Å². The highest BCUT2D eigenvalue weighted by Gasteiger charge is 2.68. The summed E-state index contributed by atoms with van der Waals surface area (Å²) in [5, 5.41) is 5.32. The third-order valence-electron chi connectivity index (χ3n) is 5.69. The van der Waals surface area contributed by atoms with E-state index in [0.29, 0.717) is 0 Å². The molecule has 0 unspecified atom stereocenters. The molecule has 2 aromatic rings. The topological polar surface area (TPSA) is 75.7 Å². The van der Waals surface area contributed by atoms with Crippen LogP contribution in [0.25, 0.3) is 0 Å². The number of likely N-dealkylation sites (tertiary alicyclic amines) is 1. The van der Waals surface area contributed by atoms with E-state index in [-0.39, 0.29) is 24.8 Å². The number of thiophene rings is 1. The van der Waals surface area contributed by atoms with Crippen LogP contribution in [0.15, 0.2) is 47.8 Å². The van der Waals surface area contributed by atoms with Crippen LogP contribution in [0.5, 0.6) is 0 Å². The van der Waals surface area contributed by atoms with Crippen LogP contribution in [0.3, 0.4) is 0 Å². The van der Waals surface area contributed by atoms with Crippen LogP contribution >= 0.6 is 11.3 Å². The Bertz CT molecular complexity index is 898.